The van der Waals surface area contributed by atoms with E-state index in [9.17, 15) is 28.9 Å². The molecule has 0 aliphatic carbocycles. The first-order valence-corrected chi connectivity index (χ1v) is 19.1. The first-order valence-electron chi connectivity index (χ1n) is 18.1. The molecule has 0 aromatic heterocycles. The molecule has 0 spiro atoms. The molecule has 0 radical (unpaired) electrons. The molecule has 0 aromatic rings. The third-order valence-electron chi connectivity index (χ3n) is 8.70. The van der Waals surface area contributed by atoms with Gasteiger partial charge in [0.25, 0.3) is 0 Å². The van der Waals surface area contributed by atoms with Gasteiger partial charge in [-0.05, 0) is 12.8 Å². The van der Waals surface area contributed by atoms with Crippen molar-refractivity contribution in [1.82, 2.24) is 0 Å². The summed E-state index contributed by atoms with van der Waals surface area (Å²) < 4.78 is 28.0. The van der Waals surface area contributed by atoms with Crippen LogP contribution in [0, 0.1) is 0 Å². The minimum atomic E-state index is -3.58. The number of aliphatic hydroxyl groups excluding tert-OH is 2. The summed E-state index contributed by atoms with van der Waals surface area (Å²) in [7, 11) is -3.58. The van der Waals surface area contributed by atoms with Crippen LogP contribution in [0.1, 0.15) is 194 Å². The lowest BCUT2D eigenvalue weighted by molar-refractivity contribution is -0.161. The molecule has 2 N–H and O–H groups in total. The molecule has 0 heterocycles. The average molecular weight is 631 g/mol. The summed E-state index contributed by atoms with van der Waals surface area (Å²) in [6.07, 6.45) is 27.6. The minimum absolute atomic E-state index is 0.0671. The third kappa shape index (κ3) is 21.5. The van der Waals surface area contributed by atoms with E-state index in [1.165, 1.54) is 103 Å². The van der Waals surface area contributed by atoms with Crippen LogP contribution >= 0.6 is 7.91 Å². The van der Waals surface area contributed by atoms with E-state index in [2.05, 4.69) is 13.8 Å². The predicted octanol–water partition coefficient (Wildman–Crippen LogP) is 10.3. The van der Waals surface area contributed by atoms with E-state index in [-0.39, 0.29) is 12.8 Å². The molecule has 0 bridgehead atoms. The molecule has 0 fully saturated rings. The van der Waals surface area contributed by atoms with Crippen molar-refractivity contribution in [2.24, 2.45) is 0 Å². The van der Waals surface area contributed by atoms with Gasteiger partial charge in [-0.15, -0.1) is 0 Å². The second-order valence-electron chi connectivity index (χ2n) is 12.6. The van der Waals surface area contributed by atoms with Crippen molar-refractivity contribution in [2.45, 2.75) is 205 Å². The van der Waals surface area contributed by atoms with Gasteiger partial charge in [0.05, 0.1) is 6.61 Å². The second-order valence-corrected chi connectivity index (χ2v) is 13.2. The standard InChI is InChI=1S/C35H67O7P/c1-3-5-7-9-11-13-15-17-19-21-23-25-27-29-32(37)35(34(39)31-36,42-43(40)41)33(38)30-28-26-24-22-20-18-16-14-12-10-8-6-4-2/h34,36,39H,3-31H2,1-2H3. The number of carbonyl (C=O) groups is 2. The second kappa shape index (κ2) is 29.8. The first kappa shape index (κ1) is 42.1. The highest BCUT2D eigenvalue weighted by Crippen LogP contribution is 2.31. The maximum absolute atomic E-state index is 13.2. The van der Waals surface area contributed by atoms with E-state index in [0.717, 1.165) is 51.4 Å². The summed E-state index contributed by atoms with van der Waals surface area (Å²) in [5, 5.41) is 20.1. The fourth-order valence-corrected chi connectivity index (χ4v) is 6.47. The zero-order valence-electron chi connectivity index (χ0n) is 28.0. The SMILES string of the molecule is CCCCCCCCCCCCCCCC(=O)C(OP(=O)=O)(C(=O)CCCCCCCCCCCCCCC)C(O)CO. The number of hydrogen-bond donors (Lipinski definition) is 2. The molecule has 0 rings (SSSR count). The van der Waals surface area contributed by atoms with Crippen LogP contribution in [0.25, 0.3) is 0 Å². The number of hydrogen-bond acceptors (Lipinski definition) is 7. The summed E-state index contributed by atoms with van der Waals surface area (Å²) >= 11 is 0. The van der Waals surface area contributed by atoms with E-state index in [1.54, 1.807) is 0 Å². The fraction of sp³-hybridized carbons (Fsp3) is 0.943. The van der Waals surface area contributed by atoms with E-state index >= 15 is 0 Å². The van der Waals surface area contributed by atoms with E-state index in [0.29, 0.717) is 12.8 Å². The van der Waals surface area contributed by atoms with E-state index < -0.39 is 37.8 Å². The Hall–Kier alpha value is -0.880. The third-order valence-corrected chi connectivity index (χ3v) is 9.14. The van der Waals surface area contributed by atoms with Gasteiger partial charge in [-0.25, -0.2) is 13.7 Å². The Morgan fingerprint density at radius 3 is 1.02 bits per heavy atom. The monoisotopic (exact) mass is 630 g/mol. The van der Waals surface area contributed by atoms with Crippen molar-refractivity contribution in [2.75, 3.05) is 6.61 Å². The highest BCUT2D eigenvalue weighted by molar-refractivity contribution is 7.24. The van der Waals surface area contributed by atoms with E-state index in [1.807, 2.05) is 0 Å². The Morgan fingerprint density at radius 2 is 0.791 bits per heavy atom. The highest BCUT2D eigenvalue weighted by atomic mass is 31.1. The summed E-state index contributed by atoms with van der Waals surface area (Å²) in [6, 6.07) is 0. The van der Waals surface area contributed by atoms with Crippen molar-refractivity contribution in [3.63, 3.8) is 0 Å². The lowest BCUT2D eigenvalue weighted by Gasteiger charge is -2.31. The molecule has 0 aliphatic rings. The van der Waals surface area contributed by atoms with Crippen LogP contribution in [0.5, 0.6) is 0 Å². The van der Waals surface area contributed by atoms with Crippen molar-refractivity contribution in [3.8, 4) is 0 Å². The average Bonchev–Trinajstić information content (AvgIpc) is 2.99. The van der Waals surface area contributed by atoms with Gasteiger partial charge in [-0.3, -0.25) is 9.59 Å². The molecule has 7 nitrogen and oxygen atoms in total. The van der Waals surface area contributed by atoms with Crippen molar-refractivity contribution < 1.29 is 33.5 Å². The zero-order chi connectivity index (χ0) is 32.0. The summed E-state index contributed by atoms with van der Waals surface area (Å²) in [5.41, 5.74) is -2.54. The molecular weight excluding hydrogens is 563 g/mol. The lowest BCUT2D eigenvalue weighted by Crippen LogP contribution is -2.58. The van der Waals surface area contributed by atoms with Gasteiger partial charge in [0.15, 0.2) is 11.6 Å². The molecule has 0 saturated carbocycles. The van der Waals surface area contributed by atoms with Gasteiger partial charge in [-0.2, -0.15) is 0 Å². The molecule has 0 amide bonds. The quantitative estimate of drug-likeness (QED) is 0.0412. The Labute approximate surface area is 264 Å². The molecule has 254 valence electrons. The number of ketones is 2. The molecule has 43 heavy (non-hydrogen) atoms. The molecule has 0 aliphatic heterocycles. The van der Waals surface area contributed by atoms with Crippen LogP contribution in [0.4, 0.5) is 0 Å². The van der Waals surface area contributed by atoms with Crippen LogP contribution in [0.2, 0.25) is 0 Å². The Kier molecular flexibility index (Phi) is 29.2. The van der Waals surface area contributed by atoms with Gasteiger partial charge in [-0.1, -0.05) is 168 Å². The number of rotatable bonds is 34. The van der Waals surface area contributed by atoms with E-state index in [4.69, 9.17) is 4.52 Å². The molecule has 0 aromatic carbocycles. The van der Waals surface area contributed by atoms with Gasteiger partial charge < -0.3 is 10.2 Å². The van der Waals surface area contributed by atoms with Crippen molar-refractivity contribution >= 4 is 19.5 Å². The largest absolute Gasteiger partial charge is 0.469 e. The fourth-order valence-electron chi connectivity index (χ4n) is 5.91. The first-order chi connectivity index (χ1) is 20.9. The normalized spacial score (nSPS) is 12.5. The topological polar surface area (TPSA) is 118 Å². The maximum atomic E-state index is 13.2. The van der Waals surface area contributed by atoms with Crippen LogP contribution in [0.15, 0.2) is 0 Å². The van der Waals surface area contributed by atoms with Crippen LogP contribution < -0.4 is 0 Å². The maximum Gasteiger partial charge on any atom is 0.469 e. The van der Waals surface area contributed by atoms with Gasteiger partial charge in [0.1, 0.15) is 6.10 Å². The Morgan fingerprint density at radius 1 is 0.535 bits per heavy atom. The summed E-state index contributed by atoms with van der Waals surface area (Å²) in [4.78, 5) is 26.4. The molecule has 1 unspecified atom stereocenters. The zero-order valence-corrected chi connectivity index (χ0v) is 28.9. The summed E-state index contributed by atoms with van der Waals surface area (Å²) in [6.45, 7) is 3.53. The van der Waals surface area contributed by atoms with Gasteiger partial charge in [0, 0.05) is 12.8 Å². The number of aliphatic hydroxyl groups is 2. The Bertz CT molecular complexity index is 688. The highest BCUT2D eigenvalue weighted by Gasteiger charge is 2.53. The van der Waals surface area contributed by atoms with Crippen LogP contribution in [-0.4, -0.2) is 40.1 Å². The van der Waals surface area contributed by atoms with Gasteiger partial charge in [0.2, 0.25) is 5.60 Å². The molecular formula is C35H67O7P. The smallest absolute Gasteiger partial charge is 0.394 e. The lowest BCUT2D eigenvalue weighted by atomic mass is 9.82. The Balaban J connectivity index is 4.41. The molecule has 8 heteroatoms. The molecule has 1 atom stereocenters. The number of unbranched alkanes of at least 4 members (excludes halogenated alkanes) is 24. The number of Topliss-reactive ketones (excluding diaryl/α,β-unsaturated/α-hetero) is 2. The van der Waals surface area contributed by atoms with Crippen molar-refractivity contribution in [3.05, 3.63) is 0 Å². The van der Waals surface area contributed by atoms with Crippen LogP contribution in [-0.2, 0) is 23.2 Å². The predicted molar refractivity (Wildman–Crippen MR) is 176 cm³/mol. The number of carbonyl (C=O) groups excluding carboxylic acids is 2. The minimum Gasteiger partial charge on any atom is -0.394 e. The van der Waals surface area contributed by atoms with Crippen LogP contribution in [0.3, 0.4) is 0 Å². The van der Waals surface area contributed by atoms with Crippen molar-refractivity contribution in [1.29, 1.82) is 0 Å². The summed E-state index contributed by atoms with van der Waals surface area (Å²) in [5.74, 6) is -1.51. The van der Waals surface area contributed by atoms with Gasteiger partial charge >= 0.3 is 7.91 Å². The molecule has 0 saturated heterocycles.